The van der Waals surface area contributed by atoms with E-state index in [2.05, 4.69) is 19.2 Å². The van der Waals surface area contributed by atoms with Gasteiger partial charge in [-0.1, -0.05) is 284 Å². The van der Waals surface area contributed by atoms with E-state index in [0.29, 0.717) is 12.8 Å². The second-order valence-electron chi connectivity index (χ2n) is 23.6. The first-order valence-electron chi connectivity index (χ1n) is 32.8. The highest BCUT2D eigenvalue weighted by Crippen LogP contribution is 2.30. The van der Waals surface area contributed by atoms with Gasteiger partial charge in [0, 0.05) is 6.42 Å². The van der Waals surface area contributed by atoms with Crippen LogP contribution in [0.5, 0.6) is 0 Å². The summed E-state index contributed by atoms with van der Waals surface area (Å²) in [7, 11) is 0. The molecule has 12 atom stereocenters. The van der Waals surface area contributed by atoms with E-state index in [1.807, 2.05) is 0 Å². The molecule has 2 fully saturated rings. The molecule has 0 saturated carbocycles. The summed E-state index contributed by atoms with van der Waals surface area (Å²) in [4.78, 5) is 13.3. The van der Waals surface area contributed by atoms with E-state index in [1.54, 1.807) is 0 Å². The largest absolute Gasteiger partial charge is 0.394 e. The zero-order valence-electron chi connectivity index (χ0n) is 49.5. The molecule has 0 aromatic rings. The van der Waals surface area contributed by atoms with Crippen molar-refractivity contribution in [2.24, 2.45) is 0 Å². The van der Waals surface area contributed by atoms with Crippen LogP contribution in [0.15, 0.2) is 0 Å². The standard InChI is InChI=1S/C63H123NO13/c1-3-5-7-9-11-13-15-17-18-19-20-21-22-23-24-25-26-27-28-29-30-31-32-33-34-35-37-39-41-43-45-47-55(68)64-51(52(67)46-44-42-40-38-36-16-14-12-10-8-6-4-2)50-74-62-60(73)58(71)61(54(49-66)76-62)77-63-59(72)57(70)56(69)53(48-65)75-63/h51-54,56-63,65-67,69-73H,3-50H2,1-2H3,(H,64,68)/t51-,52+,53+,54+,56-,57?,58?,59?,60?,61+,62+,63-/m0/s1. The van der Waals surface area contributed by atoms with Crippen molar-refractivity contribution >= 4 is 5.91 Å². The van der Waals surface area contributed by atoms with Gasteiger partial charge in [-0.3, -0.25) is 4.79 Å². The van der Waals surface area contributed by atoms with Crippen molar-refractivity contribution < 1.29 is 64.6 Å². The SMILES string of the molecule is CCCCCCCCCCCCCCCCCCCCCCCCCCCCCCCCCC(=O)N[C@@H](CO[C@@H]1O[C@H](CO)[C@@H](O[C@@H]2O[C@H](CO)[C@H](O)C(O)C2O)C(O)C1O)[C@H](O)CCCCCCCCCCCCCC. The molecule has 0 radical (unpaired) electrons. The molecule has 458 valence electrons. The number of aliphatic hydroxyl groups is 8. The summed E-state index contributed by atoms with van der Waals surface area (Å²) in [6.07, 6.45) is 40.0. The molecular formula is C63H123NO13. The molecule has 2 aliphatic heterocycles. The molecule has 4 unspecified atom stereocenters. The van der Waals surface area contributed by atoms with Crippen LogP contribution in [-0.4, -0.2) is 140 Å². The Morgan fingerprint density at radius 1 is 0.416 bits per heavy atom. The summed E-state index contributed by atoms with van der Waals surface area (Å²) in [5.41, 5.74) is 0. The molecule has 2 saturated heterocycles. The van der Waals surface area contributed by atoms with Gasteiger partial charge in [-0.25, -0.2) is 0 Å². The van der Waals surface area contributed by atoms with Crippen molar-refractivity contribution in [3.05, 3.63) is 0 Å². The highest BCUT2D eigenvalue weighted by atomic mass is 16.7. The zero-order valence-corrected chi connectivity index (χ0v) is 49.5. The number of hydrogen-bond donors (Lipinski definition) is 9. The van der Waals surface area contributed by atoms with Gasteiger partial charge in [0.15, 0.2) is 12.6 Å². The molecule has 2 heterocycles. The second kappa shape index (κ2) is 49.6. The van der Waals surface area contributed by atoms with Crippen LogP contribution >= 0.6 is 0 Å². The fourth-order valence-electron chi connectivity index (χ4n) is 11.3. The Bertz CT molecular complexity index is 1300. The van der Waals surface area contributed by atoms with Gasteiger partial charge in [0.1, 0.15) is 48.8 Å². The minimum Gasteiger partial charge on any atom is -0.394 e. The van der Waals surface area contributed by atoms with Crippen LogP contribution in [0.25, 0.3) is 0 Å². The summed E-state index contributed by atoms with van der Waals surface area (Å²) < 4.78 is 22.8. The van der Waals surface area contributed by atoms with Crippen molar-refractivity contribution in [1.82, 2.24) is 5.32 Å². The van der Waals surface area contributed by atoms with Gasteiger partial charge in [0.2, 0.25) is 5.91 Å². The first kappa shape index (κ1) is 72.1. The molecule has 0 aromatic carbocycles. The van der Waals surface area contributed by atoms with Crippen molar-refractivity contribution in [3.8, 4) is 0 Å². The van der Waals surface area contributed by atoms with Gasteiger partial charge in [-0.2, -0.15) is 0 Å². The topological polar surface area (TPSA) is 228 Å². The van der Waals surface area contributed by atoms with Crippen molar-refractivity contribution in [1.29, 1.82) is 0 Å². The molecule has 14 heteroatoms. The molecule has 2 aliphatic rings. The van der Waals surface area contributed by atoms with Gasteiger partial charge < -0.3 is 65.1 Å². The van der Waals surface area contributed by atoms with E-state index >= 15 is 0 Å². The maximum Gasteiger partial charge on any atom is 0.220 e. The molecule has 14 nitrogen and oxygen atoms in total. The van der Waals surface area contributed by atoms with E-state index in [0.717, 1.165) is 51.4 Å². The Kier molecular flexibility index (Phi) is 46.4. The third kappa shape index (κ3) is 34.9. The van der Waals surface area contributed by atoms with Crippen LogP contribution in [-0.2, 0) is 23.7 Å². The van der Waals surface area contributed by atoms with Gasteiger partial charge in [0.05, 0.1) is 32.0 Å². The monoisotopic (exact) mass is 1100 g/mol. The van der Waals surface area contributed by atoms with Crippen molar-refractivity contribution in [2.45, 2.75) is 376 Å². The van der Waals surface area contributed by atoms with E-state index in [4.69, 9.17) is 18.9 Å². The summed E-state index contributed by atoms with van der Waals surface area (Å²) in [6, 6.07) is -0.822. The maximum absolute atomic E-state index is 13.3. The number of ether oxygens (including phenoxy) is 4. The average molecular weight is 1100 g/mol. The Balaban J connectivity index is 1.60. The van der Waals surface area contributed by atoms with Crippen LogP contribution in [0, 0.1) is 0 Å². The summed E-state index contributed by atoms with van der Waals surface area (Å²) >= 11 is 0. The smallest absolute Gasteiger partial charge is 0.220 e. The Morgan fingerprint density at radius 2 is 0.740 bits per heavy atom. The number of aliphatic hydroxyl groups excluding tert-OH is 8. The lowest BCUT2D eigenvalue weighted by molar-refractivity contribution is -0.359. The zero-order chi connectivity index (χ0) is 56.0. The lowest BCUT2D eigenvalue weighted by atomic mass is 9.97. The van der Waals surface area contributed by atoms with Crippen LogP contribution in [0.4, 0.5) is 0 Å². The van der Waals surface area contributed by atoms with Crippen LogP contribution in [0.1, 0.15) is 303 Å². The predicted molar refractivity (Wildman–Crippen MR) is 309 cm³/mol. The minimum atomic E-state index is -1.78. The fraction of sp³-hybridized carbons (Fsp3) is 0.984. The third-order valence-corrected chi connectivity index (χ3v) is 16.6. The Hall–Kier alpha value is -1.01. The van der Waals surface area contributed by atoms with Crippen molar-refractivity contribution in [3.63, 3.8) is 0 Å². The molecule has 9 N–H and O–H groups in total. The molecule has 0 bridgehead atoms. The normalized spacial score (nSPS) is 24.6. The lowest BCUT2D eigenvalue weighted by Crippen LogP contribution is -2.65. The Morgan fingerprint density at radius 3 is 1.10 bits per heavy atom. The van der Waals surface area contributed by atoms with E-state index in [1.165, 1.54) is 225 Å². The van der Waals surface area contributed by atoms with E-state index < -0.39 is 86.8 Å². The molecule has 1 amide bonds. The Labute approximate surface area is 470 Å². The number of hydrogen-bond acceptors (Lipinski definition) is 13. The van der Waals surface area contributed by atoms with E-state index in [9.17, 15) is 45.6 Å². The maximum atomic E-state index is 13.3. The first-order chi connectivity index (χ1) is 37.6. The summed E-state index contributed by atoms with van der Waals surface area (Å²) in [5, 5.41) is 87.2. The predicted octanol–water partition coefficient (Wildman–Crippen LogP) is 12.1. The number of carbonyl (C=O) groups is 1. The lowest BCUT2D eigenvalue weighted by Gasteiger charge is -2.46. The number of nitrogens with one attached hydrogen (secondary N) is 1. The summed E-state index contributed by atoms with van der Waals surface area (Å²) in [5.74, 6) is -0.200. The number of carbonyl (C=O) groups excluding carboxylic acids is 1. The van der Waals surface area contributed by atoms with Gasteiger partial charge in [-0.05, 0) is 12.8 Å². The van der Waals surface area contributed by atoms with Crippen LogP contribution in [0.2, 0.25) is 0 Å². The highest BCUT2D eigenvalue weighted by Gasteiger charge is 2.51. The first-order valence-corrected chi connectivity index (χ1v) is 32.8. The quantitative estimate of drug-likeness (QED) is 0.0259. The van der Waals surface area contributed by atoms with E-state index in [-0.39, 0.29) is 12.5 Å². The van der Waals surface area contributed by atoms with Crippen molar-refractivity contribution in [2.75, 3.05) is 19.8 Å². The second-order valence-corrected chi connectivity index (χ2v) is 23.6. The fourth-order valence-corrected chi connectivity index (χ4v) is 11.3. The highest BCUT2D eigenvalue weighted by molar-refractivity contribution is 5.76. The molecule has 0 aliphatic carbocycles. The molecule has 0 aromatic heterocycles. The van der Waals surface area contributed by atoms with Gasteiger partial charge in [-0.15, -0.1) is 0 Å². The van der Waals surface area contributed by atoms with Crippen LogP contribution < -0.4 is 5.32 Å². The molecular weight excluding hydrogens is 979 g/mol. The molecule has 77 heavy (non-hydrogen) atoms. The number of unbranched alkanes of at least 4 members (excludes halogenated alkanes) is 41. The number of rotatable bonds is 54. The minimum absolute atomic E-state index is 0.200. The summed E-state index contributed by atoms with van der Waals surface area (Å²) in [6.45, 7) is 2.89. The van der Waals surface area contributed by atoms with Gasteiger partial charge in [0.25, 0.3) is 0 Å². The number of amides is 1. The average Bonchev–Trinajstić information content (AvgIpc) is 3.43. The third-order valence-electron chi connectivity index (χ3n) is 16.6. The molecule has 2 rings (SSSR count). The van der Waals surface area contributed by atoms with Gasteiger partial charge >= 0.3 is 0 Å². The van der Waals surface area contributed by atoms with Crippen LogP contribution in [0.3, 0.4) is 0 Å². The molecule has 0 spiro atoms.